The number of fused-ring (bicyclic) bond motifs is 3. The molecular weight excluding hydrogens is 448 g/mol. The maximum atomic E-state index is 13.0. The van der Waals surface area contributed by atoms with Crippen molar-refractivity contribution in [2.24, 2.45) is 0 Å². The third-order valence-electron chi connectivity index (χ3n) is 6.93. The van der Waals surface area contributed by atoms with E-state index >= 15 is 0 Å². The molecule has 2 aliphatic rings. The molecule has 186 valence electrons. The van der Waals surface area contributed by atoms with Gasteiger partial charge in [-0.25, -0.2) is 4.79 Å². The van der Waals surface area contributed by atoms with Gasteiger partial charge >= 0.3 is 12.1 Å². The number of rotatable bonds is 9. The van der Waals surface area contributed by atoms with Gasteiger partial charge in [0.25, 0.3) is 0 Å². The highest BCUT2D eigenvalue weighted by Crippen LogP contribution is 2.44. The Morgan fingerprint density at radius 1 is 1.00 bits per heavy atom. The van der Waals surface area contributed by atoms with Crippen molar-refractivity contribution in [1.82, 2.24) is 10.6 Å². The van der Waals surface area contributed by atoms with Crippen LogP contribution < -0.4 is 10.6 Å². The van der Waals surface area contributed by atoms with Crippen LogP contribution in [-0.2, 0) is 19.1 Å². The van der Waals surface area contributed by atoms with Crippen molar-refractivity contribution in [3.63, 3.8) is 0 Å². The summed E-state index contributed by atoms with van der Waals surface area (Å²) in [6.07, 6.45) is 2.51. The van der Waals surface area contributed by atoms with Gasteiger partial charge in [0.1, 0.15) is 12.6 Å². The molecule has 0 heterocycles. The van der Waals surface area contributed by atoms with Crippen LogP contribution in [-0.4, -0.2) is 55.0 Å². The molecule has 8 heteroatoms. The lowest BCUT2D eigenvalue weighted by Crippen LogP contribution is -2.53. The molecule has 3 N–H and O–H groups in total. The van der Waals surface area contributed by atoms with Crippen LogP contribution in [0.5, 0.6) is 0 Å². The fraction of sp³-hybridized carbons (Fsp3) is 0.444. The molecule has 0 saturated heterocycles. The molecule has 1 saturated carbocycles. The number of amides is 2. The number of carboxylic acids is 1. The summed E-state index contributed by atoms with van der Waals surface area (Å²) in [7, 11) is 1.62. The van der Waals surface area contributed by atoms with Crippen LogP contribution >= 0.6 is 0 Å². The molecule has 2 aromatic rings. The average Bonchev–Trinajstić information content (AvgIpc) is 3.19. The molecule has 8 nitrogen and oxygen atoms in total. The number of hydrogen-bond donors (Lipinski definition) is 3. The van der Waals surface area contributed by atoms with Gasteiger partial charge in [-0.2, -0.15) is 0 Å². The maximum absolute atomic E-state index is 13.0. The molecule has 2 amide bonds. The van der Waals surface area contributed by atoms with Crippen molar-refractivity contribution in [3.05, 3.63) is 59.7 Å². The molecule has 0 bridgehead atoms. The SMILES string of the molecule is COC1CCCCC1NC(=O)C(CCC(=O)O)NC(=O)OCC1c2ccccc2-c2ccccc21. The predicted molar refractivity (Wildman–Crippen MR) is 130 cm³/mol. The van der Waals surface area contributed by atoms with Crippen molar-refractivity contribution in [2.75, 3.05) is 13.7 Å². The van der Waals surface area contributed by atoms with Crippen LogP contribution in [0.15, 0.2) is 48.5 Å². The second kappa shape index (κ2) is 11.4. The quantitative estimate of drug-likeness (QED) is 0.503. The van der Waals surface area contributed by atoms with Crippen LogP contribution in [0.3, 0.4) is 0 Å². The van der Waals surface area contributed by atoms with Crippen LogP contribution in [0.2, 0.25) is 0 Å². The van der Waals surface area contributed by atoms with Crippen molar-refractivity contribution >= 4 is 18.0 Å². The van der Waals surface area contributed by atoms with E-state index in [9.17, 15) is 14.4 Å². The van der Waals surface area contributed by atoms with E-state index in [4.69, 9.17) is 14.6 Å². The summed E-state index contributed by atoms with van der Waals surface area (Å²) < 4.78 is 11.1. The Labute approximate surface area is 205 Å². The summed E-state index contributed by atoms with van der Waals surface area (Å²) >= 11 is 0. The van der Waals surface area contributed by atoms with Gasteiger partial charge in [-0.15, -0.1) is 0 Å². The summed E-state index contributed by atoms with van der Waals surface area (Å²) in [5, 5.41) is 14.7. The third kappa shape index (κ3) is 5.82. The zero-order valence-corrected chi connectivity index (χ0v) is 19.9. The first kappa shape index (κ1) is 24.7. The zero-order valence-electron chi connectivity index (χ0n) is 19.9. The van der Waals surface area contributed by atoms with Gasteiger partial charge in [-0.05, 0) is 41.5 Å². The first-order valence-corrected chi connectivity index (χ1v) is 12.1. The second-order valence-electron chi connectivity index (χ2n) is 9.13. The molecule has 2 aliphatic carbocycles. The van der Waals surface area contributed by atoms with Gasteiger partial charge in [-0.1, -0.05) is 61.4 Å². The molecular formula is C27H32N2O6. The minimum Gasteiger partial charge on any atom is -0.481 e. The van der Waals surface area contributed by atoms with Crippen molar-refractivity contribution < 1.29 is 29.0 Å². The Bertz CT molecular complexity index is 1030. The number of benzene rings is 2. The van der Waals surface area contributed by atoms with Crippen molar-refractivity contribution in [1.29, 1.82) is 0 Å². The molecule has 35 heavy (non-hydrogen) atoms. The highest BCUT2D eigenvalue weighted by atomic mass is 16.5. The lowest BCUT2D eigenvalue weighted by Gasteiger charge is -2.32. The normalized spacial score (nSPS) is 19.8. The Hall–Kier alpha value is -3.39. The largest absolute Gasteiger partial charge is 0.481 e. The standard InChI is InChI=1S/C27H32N2O6/c1-34-24-13-7-6-12-22(24)28-26(32)23(14-15-25(30)31)29-27(33)35-16-21-19-10-4-2-8-17(19)18-9-3-5-11-20(18)21/h2-5,8-11,21-24H,6-7,12-16H2,1H3,(H,28,32)(H,29,33)(H,30,31). The maximum Gasteiger partial charge on any atom is 0.407 e. The Balaban J connectivity index is 1.40. The zero-order chi connectivity index (χ0) is 24.8. The summed E-state index contributed by atoms with van der Waals surface area (Å²) in [4.78, 5) is 36.8. The van der Waals surface area contributed by atoms with E-state index in [2.05, 4.69) is 22.8 Å². The van der Waals surface area contributed by atoms with E-state index in [1.54, 1.807) is 7.11 Å². The summed E-state index contributed by atoms with van der Waals surface area (Å²) in [5.41, 5.74) is 4.42. The topological polar surface area (TPSA) is 114 Å². The third-order valence-corrected chi connectivity index (χ3v) is 6.93. The van der Waals surface area contributed by atoms with Gasteiger partial charge < -0.3 is 25.2 Å². The number of carbonyl (C=O) groups excluding carboxylic acids is 2. The minimum atomic E-state index is -1.04. The summed E-state index contributed by atoms with van der Waals surface area (Å²) in [6, 6.07) is 14.9. The van der Waals surface area contributed by atoms with E-state index < -0.39 is 24.0 Å². The van der Waals surface area contributed by atoms with E-state index in [1.807, 2.05) is 36.4 Å². The highest BCUT2D eigenvalue weighted by Gasteiger charge is 2.32. The smallest absolute Gasteiger partial charge is 0.407 e. The molecule has 0 aliphatic heterocycles. The molecule has 1 fully saturated rings. The molecule has 3 unspecified atom stereocenters. The fourth-order valence-electron chi connectivity index (χ4n) is 5.15. The number of alkyl carbamates (subject to hydrolysis) is 1. The molecule has 0 aromatic heterocycles. The van der Waals surface area contributed by atoms with Crippen LogP contribution in [0.1, 0.15) is 55.6 Å². The number of ether oxygens (including phenoxy) is 2. The van der Waals surface area contributed by atoms with Crippen molar-refractivity contribution in [3.8, 4) is 11.1 Å². The van der Waals surface area contributed by atoms with E-state index in [-0.39, 0.29) is 37.5 Å². The van der Waals surface area contributed by atoms with Gasteiger partial charge in [0.15, 0.2) is 0 Å². The van der Waals surface area contributed by atoms with Gasteiger partial charge in [-0.3, -0.25) is 9.59 Å². The molecule has 2 aromatic carbocycles. The monoisotopic (exact) mass is 480 g/mol. The number of hydrogen-bond acceptors (Lipinski definition) is 5. The number of aliphatic carboxylic acids is 1. The minimum absolute atomic E-state index is 0.0320. The van der Waals surface area contributed by atoms with E-state index in [0.29, 0.717) is 0 Å². The van der Waals surface area contributed by atoms with Crippen LogP contribution in [0.4, 0.5) is 4.79 Å². The summed E-state index contributed by atoms with van der Waals surface area (Å²) in [5.74, 6) is -1.57. The van der Waals surface area contributed by atoms with Gasteiger partial charge in [0.2, 0.25) is 5.91 Å². The number of carbonyl (C=O) groups is 3. The number of nitrogens with one attached hydrogen (secondary N) is 2. The highest BCUT2D eigenvalue weighted by molar-refractivity contribution is 5.86. The van der Waals surface area contributed by atoms with Crippen molar-refractivity contribution in [2.45, 2.75) is 62.6 Å². The number of methoxy groups -OCH3 is 1. The fourth-order valence-corrected chi connectivity index (χ4v) is 5.15. The van der Waals surface area contributed by atoms with Crippen LogP contribution in [0, 0.1) is 0 Å². The predicted octanol–water partition coefficient (Wildman–Crippen LogP) is 3.83. The van der Waals surface area contributed by atoms with Crippen LogP contribution in [0.25, 0.3) is 11.1 Å². The average molecular weight is 481 g/mol. The Kier molecular flexibility index (Phi) is 8.02. The molecule has 0 radical (unpaired) electrons. The Morgan fingerprint density at radius 2 is 1.63 bits per heavy atom. The Morgan fingerprint density at radius 3 is 2.26 bits per heavy atom. The number of carboxylic acid groups (broad SMARTS) is 1. The van der Waals surface area contributed by atoms with E-state index in [0.717, 1.165) is 47.9 Å². The summed E-state index contributed by atoms with van der Waals surface area (Å²) in [6.45, 7) is 0.113. The van der Waals surface area contributed by atoms with E-state index in [1.165, 1.54) is 0 Å². The molecule has 3 atom stereocenters. The molecule has 0 spiro atoms. The van der Waals surface area contributed by atoms with Gasteiger partial charge in [0, 0.05) is 19.4 Å². The lowest BCUT2D eigenvalue weighted by molar-refractivity contribution is -0.137. The lowest BCUT2D eigenvalue weighted by atomic mass is 9.92. The van der Waals surface area contributed by atoms with Gasteiger partial charge in [0.05, 0.1) is 12.1 Å². The molecule has 4 rings (SSSR count). The first-order chi connectivity index (χ1) is 17.0. The first-order valence-electron chi connectivity index (χ1n) is 12.1. The second-order valence-corrected chi connectivity index (χ2v) is 9.13.